The van der Waals surface area contributed by atoms with Gasteiger partial charge in [-0.15, -0.1) is 0 Å². The van der Waals surface area contributed by atoms with E-state index in [-0.39, 0.29) is 29.8 Å². The van der Waals surface area contributed by atoms with Crippen LogP contribution in [0, 0.1) is 23.7 Å². The van der Waals surface area contributed by atoms with Crippen LogP contribution >= 0.6 is 0 Å². The third-order valence-electron chi connectivity index (χ3n) is 9.04. The lowest BCUT2D eigenvalue weighted by Crippen LogP contribution is -2.61. The summed E-state index contributed by atoms with van der Waals surface area (Å²) in [6.07, 6.45) is -1.53. The molecule has 3 rings (SSSR count). The number of aryl methyl sites for hydroxylation is 1. The summed E-state index contributed by atoms with van der Waals surface area (Å²) >= 11 is 0. The maximum absolute atomic E-state index is 14.3. The van der Waals surface area contributed by atoms with E-state index in [2.05, 4.69) is 21.0 Å². The highest BCUT2D eigenvalue weighted by molar-refractivity contribution is 5.88. The third-order valence-corrected chi connectivity index (χ3v) is 9.04. The van der Waals surface area contributed by atoms with Gasteiger partial charge in [0, 0.05) is 31.9 Å². The van der Waals surface area contributed by atoms with Gasteiger partial charge in [-0.3, -0.25) is 20.0 Å². The number of hydrazine groups is 1. The summed E-state index contributed by atoms with van der Waals surface area (Å²) in [5.74, 6) is -1.09. The molecule has 1 aliphatic rings. The number of carbonyl (C=O) groups is 4. The number of nitrogens with zero attached hydrogens (tertiary/aromatic N) is 4. The first-order valence-electron chi connectivity index (χ1n) is 17.8. The van der Waals surface area contributed by atoms with Gasteiger partial charge in [-0.05, 0) is 47.8 Å². The Labute approximate surface area is 303 Å². The number of carboxylic acid groups (broad SMARTS) is 1. The molecule has 1 fully saturated rings. The largest absolute Gasteiger partial charge is 0.465 e. The van der Waals surface area contributed by atoms with Crippen LogP contribution in [0.25, 0.3) is 0 Å². The predicted octanol–water partition coefficient (Wildman–Crippen LogP) is 4.19. The van der Waals surface area contributed by atoms with Crippen LogP contribution in [0.15, 0.2) is 48.5 Å². The average Bonchev–Trinajstić information content (AvgIpc) is 3.37. The molecule has 0 radical (unpaired) electrons. The zero-order valence-electron chi connectivity index (χ0n) is 31.8. The first-order chi connectivity index (χ1) is 23.8. The molecule has 13 nitrogen and oxygen atoms in total. The molecule has 2 aromatic rings. The summed E-state index contributed by atoms with van der Waals surface area (Å²) in [6.45, 7) is 18.5. The second-order valence-corrected chi connectivity index (χ2v) is 16.0. The molecule has 282 valence electrons. The Hall–Kier alpha value is -4.23. The van der Waals surface area contributed by atoms with E-state index < -0.39 is 41.6 Å². The van der Waals surface area contributed by atoms with Crippen LogP contribution in [0.1, 0.15) is 78.8 Å². The number of aliphatic hydroxyl groups is 1. The minimum atomic E-state index is -1.32. The van der Waals surface area contributed by atoms with Crippen LogP contribution in [0.5, 0.6) is 0 Å². The molecule has 51 heavy (non-hydrogen) atoms. The van der Waals surface area contributed by atoms with Crippen molar-refractivity contribution in [1.82, 2.24) is 35.9 Å². The Balaban J connectivity index is 1.88. The number of benzene rings is 1. The highest BCUT2D eigenvalue weighted by Gasteiger charge is 2.41. The van der Waals surface area contributed by atoms with Crippen LogP contribution in [-0.4, -0.2) is 104 Å². The molecular formula is C38H59N7O6. The number of nitrogens with one attached hydrogen (secondary N) is 3. The number of hydrogen-bond donors (Lipinski definition) is 5. The quantitative estimate of drug-likeness (QED) is 0.162. The number of aliphatic hydroxyl groups excluding tert-OH is 1. The molecule has 5 atom stereocenters. The van der Waals surface area contributed by atoms with E-state index in [1.807, 2.05) is 90.1 Å². The van der Waals surface area contributed by atoms with Gasteiger partial charge in [0.15, 0.2) is 0 Å². The van der Waals surface area contributed by atoms with Crippen LogP contribution in [0.4, 0.5) is 9.59 Å². The van der Waals surface area contributed by atoms with Crippen LogP contribution in [-0.2, 0) is 22.6 Å². The number of urea groups is 1. The Morgan fingerprint density at radius 2 is 1.63 bits per heavy atom. The number of aromatic nitrogens is 1. The van der Waals surface area contributed by atoms with E-state index in [4.69, 9.17) is 0 Å². The Bertz CT molecular complexity index is 1480. The van der Waals surface area contributed by atoms with E-state index >= 15 is 0 Å². The van der Waals surface area contributed by atoms with Crippen LogP contribution in [0.2, 0.25) is 0 Å². The fraction of sp³-hybridized carbons (Fsp3) is 0.605. The minimum absolute atomic E-state index is 0.0569. The number of amides is 5. The second-order valence-electron chi connectivity index (χ2n) is 16.0. The molecule has 1 aromatic heterocycles. The van der Waals surface area contributed by atoms with Crippen molar-refractivity contribution in [2.75, 3.05) is 26.2 Å². The maximum atomic E-state index is 14.3. The van der Waals surface area contributed by atoms with Gasteiger partial charge in [0.2, 0.25) is 5.91 Å². The van der Waals surface area contributed by atoms with Gasteiger partial charge in [-0.2, -0.15) is 0 Å². The smallest absolute Gasteiger partial charge is 0.405 e. The summed E-state index contributed by atoms with van der Waals surface area (Å²) in [4.78, 5) is 61.0. The lowest BCUT2D eigenvalue weighted by molar-refractivity contribution is -0.133. The van der Waals surface area contributed by atoms with Gasteiger partial charge < -0.3 is 30.6 Å². The molecule has 1 aromatic carbocycles. The highest BCUT2D eigenvalue weighted by Crippen LogP contribution is 2.24. The van der Waals surface area contributed by atoms with Gasteiger partial charge in [0.25, 0.3) is 5.91 Å². The number of pyridine rings is 1. The summed E-state index contributed by atoms with van der Waals surface area (Å²) < 4.78 is 0. The minimum Gasteiger partial charge on any atom is -0.465 e. The zero-order chi connectivity index (χ0) is 38.1. The first kappa shape index (κ1) is 41.2. The molecule has 0 aliphatic carbocycles. The topological polar surface area (TPSA) is 167 Å². The second kappa shape index (κ2) is 17.8. The predicted molar refractivity (Wildman–Crippen MR) is 196 cm³/mol. The first-order valence-corrected chi connectivity index (χ1v) is 17.8. The Morgan fingerprint density at radius 1 is 0.961 bits per heavy atom. The fourth-order valence-electron chi connectivity index (χ4n) is 6.33. The summed E-state index contributed by atoms with van der Waals surface area (Å²) in [5.41, 5.74) is 4.33. The Kier molecular flexibility index (Phi) is 14.4. The third kappa shape index (κ3) is 12.5. The molecule has 5 N–H and O–H groups in total. The molecule has 1 aliphatic heterocycles. The summed E-state index contributed by atoms with van der Waals surface area (Å²) in [5, 5.41) is 28.3. The molecule has 13 heteroatoms. The Morgan fingerprint density at radius 3 is 2.20 bits per heavy atom. The van der Waals surface area contributed by atoms with Crippen molar-refractivity contribution >= 4 is 23.9 Å². The van der Waals surface area contributed by atoms with Crippen molar-refractivity contribution < 1.29 is 29.4 Å². The number of carbonyl (C=O) groups excluding carboxylic acids is 3. The molecule has 5 amide bonds. The number of hydrogen-bond acceptors (Lipinski definition) is 7. The van der Waals surface area contributed by atoms with Crippen molar-refractivity contribution in [2.45, 2.75) is 106 Å². The molecular weight excluding hydrogens is 650 g/mol. The molecule has 0 unspecified atom stereocenters. The van der Waals surface area contributed by atoms with Crippen molar-refractivity contribution in [1.29, 1.82) is 0 Å². The molecule has 1 saturated heterocycles. The monoisotopic (exact) mass is 709 g/mol. The van der Waals surface area contributed by atoms with Crippen LogP contribution in [0.3, 0.4) is 0 Å². The van der Waals surface area contributed by atoms with Crippen molar-refractivity contribution in [3.05, 3.63) is 65.5 Å². The standard InChI is InChI=1S/C38H59N7O6/c1-10-25(2)31(45-20-19-43(36(45)51)22-28-18-14-15-26(3)39-28)33(47)40-29(21-27-16-12-11-13-17-27)30(46)23-44(24-37(4,5)6)42-34(48)32(38(7,8)9)41-35(49)50/h11-18,25,29-32,41,46H,10,19-24H2,1-9H3,(H,40,47)(H,42,48)(H,49,50)/t25-,29-,30-,31-,32+/m0/s1. The van der Waals surface area contributed by atoms with Crippen molar-refractivity contribution in [3.63, 3.8) is 0 Å². The van der Waals surface area contributed by atoms with Gasteiger partial charge in [0.1, 0.15) is 12.1 Å². The van der Waals surface area contributed by atoms with E-state index in [1.165, 1.54) is 0 Å². The van der Waals surface area contributed by atoms with Gasteiger partial charge in [-0.25, -0.2) is 14.6 Å². The average molecular weight is 710 g/mol. The molecule has 0 saturated carbocycles. The van der Waals surface area contributed by atoms with Crippen molar-refractivity contribution in [3.8, 4) is 0 Å². The SMILES string of the molecule is CC[C@H](C)[C@@H](C(=O)N[C@@H](Cc1ccccc1)[C@@H](O)CN(CC(C)(C)C)NC(=O)[C@@H](NC(=O)O)C(C)(C)C)N1CCN(Cc2cccc(C)n2)C1=O. The normalized spacial score (nSPS) is 16.7. The van der Waals surface area contributed by atoms with E-state index in [0.29, 0.717) is 39.0 Å². The van der Waals surface area contributed by atoms with E-state index in [9.17, 15) is 29.4 Å². The lowest BCUT2D eigenvalue weighted by Gasteiger charge is -2.37. The van der Waals surface area contributed by atoms with Crippen LogP contribution < -0.4 is 16.1 Å². The maximum Gasteiger partial charge on any atom is 0.405 e. The zero-order valence-corrected chi connectivity index (χ0v) is 31.8. The molecule has 0 bridgehead atoms. The van der Waals surface area contributed by atoms with Gasteiger partial charge >= 0.3 is 12.1 Å². The van der Waals surface area contributed by atoms with E-state index in [1.54, 1.807) is 35.6 Å². The fourth-order valence-corrected chi connectivity index (χ4v) is 6.33. The summed E-state index contributed by atoms with van der Waals surface area (Å²) in [7, 11) is 0. The molecule has 2 heterocycles. The van der Waals surface area contributed by atoms with Crippen molar-refractivity contribution in [2.24, 2.45) is 16.7 Å². The highest BCUT2D eigenvalue weighted by atomic mass is 16.4. The van der Waals surface area contributed by atoms with Gasteiger partial charge in [0.05, 0.1) is 24.4 Å². The molecule has 0 spiro atoms. The number of rotatable bonds is 16. The van der Waals surface area contributed by atoms with Gasteiger partial charge in [-0.1, -0.05) is 98.2 Å². The summed E-state index contributed by atoms with van der Waals surface area (Å²) in [6, 6.07) is 12.3. The lowest BCUT2D eigenvalue weighted by atomic mass is 9.86. The van der Waals surface area contributed by atoms with E-state index in [0.717, 1.165) is 17.0 Å².